The summed E-state index contributed by atoms with van der Waals surface area (Å²) in [6, 6.07) is 1.42. The number of hydrogen-bond donors (Lipinski definition) is 1. The molecule has 0 aliphatic rings. The third kappa shape index (κ3) is 3.89. The molecule has 0 saturated heterocycles. The number of hydrogen-bond acceptors (Lipinski definition) is 6. The minimum Gasteiger partial charge on any atom is -0.384 e. The Morgan fingerprint density at radius 3 is 3.15 bits per heavy atom. The minimum atomic E-state index is -0.346. The Bertz CT molecular complexity index is 537. The van der Waals surface area contributed by atoms with Crippen LogP contribution in [0.1, 0.15) is 24.7 Å². The van der Waals surface area contributed by atoms with Crippen molar-refractivity contribution in [2.45, 2.75) is 25.9 Å². The van der Waals surface area contributed by atoms with Crippen LogP contribution in [0.4, 0.5) is 0 Å². The van der Waals surface area contributed by atoms with E-state index in [1.807, 2.05) is 0 Å². The fraction of sp³-hybridized carbons (Fsp3) is 0.500. The van der Waals surface area contributed by atoms with Crippen molar-refractivity contribution in [3.63, 3.8) is 0 Å². The lowest BCUT2D eigenvalue weighted by Crippen LogP contribution is -2.30. The SMILES string of the molecule is COCCc1noc([C@H](C)NC(=O)Cn2cccn2)n1. The van der Waals surface area contributed by atoms with Crippen molar-refractivity contribution < 1.29 is 14.1 Å². The third-order valence-corrected chi connectivity index (χ3v) is 2.63. The van der Waals surface area contributed by atoms with Gasteiger partial charge in [-0.2, -0.15) is 10.1 Å². The van der Waals surface area contributed by atoms with Crippen LogP contribution < -0.4 is 5.32 Å². The van der Waals surface area contributed by atoms with Crippen LogP contribution in [0.3, 0.4) is 0 Å². The molecule has 0 spiro atoms. The summed E-state index contributed by atoms with van der Waals surface area (Å²) in [5.41, 5.74) is 0. The Balaban J connectivity index is 1.85. The number of carbonyl (C=O) groups is 1. The molecule has 0 fully saturated rings. The molecule has 108 valence electrons. The van der Waals surface area contributed by atoms with Gasteiger partial charge < -0.3 is 14.6 Å². The van der Waals surface area contributed by atoms with Gasteiger partial charge in [-0.25, -0.2) is 0 Å². The molecule has 2 aromatic heterocycles. The lowest BCUT2D eigenvalue weighted by atomic mass is 10.3. The molecule has 8 heteroatoms. The first-order valence-electron chi connectivity index (χ1n) is 6.27. The quantitative estimate of drug-likeness (QED) is 0.785. The van der Waals surface area contributed by atoms with E-state index in [9.17, 15) is 4.79 Å². The highest BCUT2D eigenvalue weighted by molar-refractivity contribution is 5.75. The summed E-state index contributed by atoms with van der Waals surface area (Å²) in [4.78, 5) is 16.0. The molecule has 8 nitrogen and oxygen atoms in total. The van der Waals surface area contributed by atoms with E-state index in [-0.39, 0.29) is 18.5 Å². The van der Waals surface area contributed by atoms with Crippen LogP contribution in [0, 0.1) is 0 Å². The second-order valence-corrected chi connectivity index (χ2v) is 4.28. The van der Waals surface area contributed by atoms with Gasteiger partial charge in [0.15, 0.2) is 5.82 Å². The average Bonchev–Trinajstić information content (AvgIpc) is 3.07. The Labute approximate surface area is 116 Å². The van der Waals surface area contributed by atoms with E-state index in [2.05, 4.69) is 20.6 Å². The van der Waals surface area contributed by atoms with Crippen molar-refractivity contribution in [3.8, 4) is 0 Å². The van der Waals surface area contributed by atoms with E-state index < -0.39 is 0 Å². The zero-order valence-electron chi connectivity index (χ0n) is 11.4. The Kier molecular flexibility index (Phi) is 4.83. The highest BCUT2D eigenvalue weighted by Gasteiger charge is 2.16. The van der Waals surface area contributed by atoms with Crippen molar-refractivity contribution in [2.24, 2.45) is 0 Å². The van der Waals surface area contributed by atoms with Crippen molar-refractivity contribution in [3.05, 3.63) is 30.2 Å². The van der Waals surface area contributed by atoms with Gasteiger partial charge in [-0.1, -0.05) is 5.16 Å². The maximum atomic E-state index is 11.8. The highest BCUT2D eigenvalue weighted by Crippen LogP contribution is 2.09. The third-order valence-electron chi connectivity index (χ3n) is 2.63. The van der Waals surface area contributed by atoms with Crippen molar-refractivity contribution in [2.75, 3.05) is 13.7 Å². The average molecular weight is 279 g/mol. The maximum absolute atomic E-state index is 11.8. The van der Waals surface area contributed by atoms with Gasteiger partial charge in [-0.05, 0) is 13.0 Å². The van der Waals surface area contributed by atoms with Crippen LogP contribution in [-0.4, -0.2) is 39.5 Å². The predicted octanol–water partition coefficient (Wildman–Crippen LogP) is 0.332. The molecule has 0 saturated carbocycles. The summed E-state index contributed by atoms with van der Waals surface area (Å²) in [5, 5.41) is 10.6. The molecule has 0 bridgehead atoms. The number of ether oxygens (including phenoxy) is 1. The number of methoxy groups -OCH3 is 1. The fourth-order valence-electron chi connectivity index (χ4n) is 1.63. The molecule has 20 heavy (non-hydrogen) atoms. The Morgan fingerprint density at radius 1 is 1.60 bits per heavy atom. The van der Waals surface area contributed by atoms with E-state index >= 15 is 0 Å². The molecule has 2 heterocycles. The number of nitrogens with one attached hydrogen (secondary N) is 1. The van der Waals surface area contributed by atoms with E-state index in [4.69, 9.17) is 9.26 Å². The van der Waals surface area contributed by atoms with Crippen LogP contribution >= 0.6 is 0 Å². The van der Waals surface area contributed by atoms with Gasteiger partial charge in [-0.15, -0.1) is 0 Å². The molecule has 2 rings (SSSR count). The van der Waals surface area contributed by atoms with E-state index in [1.54, 1.807) is 37.2 Å². The molecular weight excluding hydrogens is 262 g/mol. The zero-order valence-corrected chi connectivity index (χ0v) is 11.4. The summed E-state index contributed by atoms with van der Waals surface area (Å²) in [6.45, 7) is 2.47. The van der Waals surface area contributed by atoms with Crippen LogP contribution in [-0.2, 0) is 22.5 Å². The van der Waals surface area contributed by atoms with Crippen molar-refractivity contribution >= 4 is 5.91 Å². The molecule has 1 amide bonds. The minimum absolute atomic E-state index is 0.155. The molecule has 0 aromatic carbocycles. The number of aromatic nitrogens is 4. The molecule has 0 aliphatic carbocycles. The summed E-state index contributed by atoms with van der Waals surface area (Å²) >= 11 is 0. The topological polar surface area (TPSA) is 95.1 Å². The number of nitrogens with zero attached hydrogens (tertiary/aromatic N) is 4. The lowest BCUT2D eigenvalue weighted by molar-refractivity contribution is -0.122. The van der Waals surface area contributed by atoms with Crippen LogP contribution in [0.25, 0.3) is 0 Å². The largest absolute Gasteiger partial charge is 0.384 e. The van der Waals surface area contributed by atoms with E-state index in [0.29, 0.717) is 24.7 Å². The van der Waals surface area contributed by atoms with Gasteiger partial charge in [0, 0.05) is 25.9 Å². The molecule has 0 unspecified atom stereocenters. The zero-order chi connectivity index (χ0) is 14.4. The predicted molar refractivity (Wildman–Crippen MR) is 68.7 cm³/mol. The second kappa shape index (κ2) is 6.80. The first-order valence-corrected chi connectivity index (χ1v) is 6.27. The van der Waals surface area contributed by atoms with Crippen LogP contribution in [0.15, 0.2) is 23.0 Å². The van der Waals surface area contributed by atoms with Crippen molar-refractivity contribution in [1.29, 1.82) is 0 Å². The molecule has 2 aromatic rings. The fourth-order valence-corrected chi connectivity index (χ4v) is 1.63. The monoisotopic (exact) mass is 279 g/mol. The Morgan fingerprint density at radius 2 is 2.45 bits per heavy atom. The molecular formula is C12H17N5O3. The van der Waals surface area contributed by atoms with Gasteiger partial charge in [0.1, 0.15) is 12.6 Å². The smallest absolute Gasteiger partial charge is 0.248 e. The van der Waals surface area contributed by atoms with Crippen LogP contribution in [0.5, 0.6) is 0 Å². The molecule has 0 radical (unpaired) electrons. The summed E-state index contributed by atoms with van der Waals surface area (Å²) in [5.74, 6) is 0.776. The molecule has 1 N–H and O–H groups in total. The van der Waals surface area contributed by atoms with Gasteiger partial charge in [0.25, 0.3) is 0 Å². The summed E-state index contributed by atoms with van der Waals surface area (Å²) in [6.07, 6.45) is 3.92. The maximum Gasteiger partial charge on any atom is 0.248 e. The number of amides is 1. The lowest BCUT2D eigenvalue weighted by Gasteiger charge is -2.09. The molecule has 0 aliphatic heterocycles. The first-order chi connectivity index (χ1) is 9.69. The summed E-state index contributed by atoms with van der Waals surface area (Å²) < 4.78 is 11.6. The van der Waals surface area contributed by atoms with Gasteiger partial charge >= 0.3 is 0 Å². The Hall–Kier alpha value is -2.22. The van der Waals surface area contributed by atoms with E-state index in [0.717, 1.165) is 0 Å². The van der Waals surface area contributed by atoms with E-state index in [1.165, 1.54) is 0 Å². The highest BCUT2D eigenvalue weighted by atomic mass is 16.5. The normalized spacial score (nSPS) is 12.3. The second-order valence-electron chi connectivity index (χ2n) is 4.28. The number of carbonyl (C=O) groups excluding carboxylic acids is 1. The standard InChI is InChI=1S/C12H17N5O3/c1-9(12-15-10(16-20-12)4-7-19-2)14-11(18)8-17-6-3-5-13-17/h3,5-6,9H,4,7-8H2,1-2H3,(H,14,18)/t9-/m0/s1. The number of rotatable bonds is 7. The van der Waals surface area contributed by atoms with Gasteiger partial charge in [0.2, 0.25) is 11.8 Å². The first kappa shape index (κ1) is 14.2. The summed E-state index contributed by atoms with van der Waals surface area (Å²) in [7, 11) is 1.61. The molecule has 1 atom stereocenters. The van der Waals surface area contributed by atoms with Gasteiger partial charge in [0.05, 0.1) is 6.61 Å². The van der Waals surface area contributed by atoms with Crippen molar-refractivity contribution in [1.82, 2.24) is 25.2 Å². The van der Waals surface area contributed by atoms with Gasteiger partial charge in [-0.3, -0.25) is 9.48 Å². The van der Waals surface area contributed by atoms with Crippen LogP contribution in [0.2, 0.25) is 0 Å².